The summed E-state index contributed by atoms with van der Waals surface area (Å²) in [5.74, 6) is 0. The van der Waals surface area contributed by atoms with Gasteiger partial charge in [-0.1, -0.05) is 6.07 Å². The Balaban J connectivity index is 1.31. The molecule has 1 fully saturated rings. The molecule has 0 spiro atoms. The molecule has 31 heavy (non-hydrogen) atoms. The molecule has 8 nitrogen and oxygen atoms in total. The van der Waals surface area contributed by atoms with Gasteiger partial charge in [-0.25, -0.2) is 23.1 Å². The normalized spacial score (nSPS) is 18.4. The van der Waals surface area contributed by atoms with Gasteiger partial charge >= 0.3 is 0 Å². The zero-order valence-electron chi connectivity index (χ0n) is 16.2. The predicted octanol–water partition coefficient (Wildman–Crippen LogP) is 3.48. The van der Waals surface area contributed by atoms with Gasteiger partial charge < -0.3 is 10.3 Å². The molecule has 0 aliphatic heterocycles. The van der Waals surface area contributed by atoms with Crippen LogP contribution >= 0.6 is 11.3 Å². The van der Waals surface area contributed by atoms with Crippen molar-refractivity contribution in [1.29, 1.82) is 5.26 Å². The van der Waals surface area contributed by atoms with Gasteiger partial charge in [-0.15, -0.1) is 11.3 Å². The molecule has 1 aromatic carbocycles. The Morgan fingerprint density at radius 1 is 1.19 bits per heavy atom. The molecular formula is C21H18N6O2S2. The van der Waals surface area contributed by atoms with Crippen molar-refractivity contribution >= 4 is 38.1 Å². The quantitative estimate of drug-likeness (QED) is 0.413. The Bertz CT molecular complexity index is 1380. The summed E-state index contributed by atoms with van der Waals surface area (Å²) in [5.41, 5.74) is 2.99. The maximum Gasteiger partial charge on any atom is 0.240 e. The number of thiazole rings is 1. The van der Waals surface area contributed by atoms with Crippen LogP contribution in [0.15, 0.2) is 59.2 Å². The van der Waals surface area contributed by atoms with E-state index in [1.165, 1.54) is 12.1 Å². The Labute approximate surface area is 183 Å². The van der Waals surface area contributed by atoms with Crippen molar-refractivity contribution < 1.29 is 8.42 Å². The maximum atomic E-state index is 12.7. The summed E-state index contributed by atoms with van der Waals surface area (Å²) in [4.78, 5) is 12.1. The smallest absolute Gasteiger partial charge is 0.240 e. The Hall–Kier alpha value is -3.26. The summed E-state index contributed by atoms with van der Waals surface area (Å²) in [6, 6.07) is 9.94. The first-order valence-electron chi connectivity index (χ1n) is 9.68. The van der Waals surface area contributed by atoms with Gasteiger partial charge in [-0.05, 0) is 37.1 Å². The van der Waals surface area contributed by atoms with Crippen molar-refractivity contribution in [3.8, 4) is 16.6 Å². The lowest BCUT2D eigenvalue weighted by atomic mass is 9.87. The monoisotopic (exact) mass is 450 g/mol. The average Bonchev–Trinajstić information content (AvgIpc) is 3.44. The molecule has 4 aromatic rings. The summed E-state index contributed by atoms with van der Waals surface area (Å²) in [6.45, 7) is 0. The molecule has 0 atom stereocenters. The lowest BCUT2D eigenvalue weighted by Gasteiger charge is -2.37. The van der Waals surface area contributed by atoms with Crippen molar-refractivity contribution in [2.45, 2.75) is 29.8 Å². The number of H-pyrrole nitrogens is 1. The number of rotatable bonds is 6. The van der Waals surface area contributed by atoms with Gasteiger partial charge in [0.1, 0.15) is 10.7 Å². The van der Waals surface area contributed by atoms with Crippen LogP contribution in [-0.2, 0) is 10.0 Å². The van der Waals surface area contributed by atoms with Gasteiger partial charge in [0.25, 0.3) is 0 Å². The second kappa shape index (κ2) is 7.77. The summed E-state index contributed by atoms with van der Waals surface area (Å²) in [5, 5.41) is 16.4. The number of aromatic nitrogens is 3. The molecule has 0 bridgehead atoms. The minimum absolute atomic E-state index is 0.109. The molecule has 156 valence electrons. The number of nitrogens with zero attached hydrogens (tertiary/aromatic N) is 3. The average molecular weight is 451 g/mol. The Morgan fingerprint density at radius 2 is 2.06 bits per heavy atom. The molecule has 1 saturated carbocycles. The third-order valence-corrected chi connectivity index (χ3v) is 7.66. The number of nitriles is 1. The van der Waals surface area contributed by atoms with Gasteiger partial charge in [-0.3, -0.25) is 0 Å². The van der Waals surface area contributed by atoms with E-state index in [0.29, 0.717) is 18.4 Å². The largest absolute Gasteiger partial charge is 0.381 e. The molecular weight excluding hydrogens is 432 g/mol. The van der Waals surface area contributed by atoms with E-state index in [9.17, 15) is 8.42 Å². The summed E-state index contributed by atoms with van der Waals surface area (Å²) in [7, 11) is -3.67. The highest BCUT2D eigenvalue weighted by atomic mass is 32.2. The second-order valence-corrected chi connectivity index (χ2v) is 10.0. The van der Waals surface area contributed by atoms with E-state index in [4.69, 9.17) is 5.26 Å². The fourth-order valence-electron chi connectivity index (χ4n) is 3.74. The van der Waals surface area contributed by atoms with Crippen LogP contribution in [0.2, 0.25) is 0 Å². The highest BCUT2D eigenvalue weighted by Crippen LogP contribution is 2.37. The first-order valence-corrected chi connectivity index (χ1v) is 12.0. The molecule has 3 N–H and O–H groups in total. The van der Waals surface area contributed by atoms with E-state index >= 15 is 0 Å². The van der Waals surface area contributed by atoms with Crippen molar-refractivity contribution in [2.75, 3.05) is 5.32 Å². The van der Waals surface area contributed by atoms with Crippen LogP contribution in [0.4, 0.5) is 5.69 Å². The van der Waals surface area contributed by atoms with E-state index in [2.05, 4.69) is 25.0 Å². The van der Waals surface area contributed by atoms with Crippen molar-refractivity contribution in [2.24, 2.45) is 0 Å². The molecule has 0 radical (unpaired) electrons. The van der Waals surface area contributed by atoms with Gasteiger partial charge in [-0.2, -0.15) is 5.26 Å². The van der Waals surface area contributed by atoms with Crippen molar-refractivity contribution in [1.82, 2.24) is 19.7 Å². The topological polar surface area (TPSA) is 124 Å². The fourth-order valence-corrected chi connectivity index (χ4v) is 5.70. The number of benzene rings is 1. The lowest BCUT2D eigenvalue weighted by Crippen LogP contribution is -2.49. The molecule has 3 heterocycles. The number of fused-ring (bicyclic) bond motifs is 1. The Morgan fingerprint density at radius 3 is 2.84 bits per heavy atom. The van der Waals surface area contributed by atoms with E-state index in [1.807, 2.05) is 23.7 Å². The van der Waals surface area contributed by atoms with Crippen LogP contribution in [0, 0.1) is 11.3 Å². The maximum absolute atomic E-state index is 12.7. The summed E-state index contributed by atoms with van der Waals surface area (Å²) >= 11 is 1.55. The number of nitrogens with one attached hydrogen (secondary N) is 3. The van der Waals surface area contributed by atoms with Gasteiger partial charge in [0, 0.05) is 41.4 Å². The number of hydrogen-bond donors (Lipinski definition) is 3. The van der Waals surface area contributed by atoms with E-state index in [0.717, 1.165) is 27.3 Å². The SMILES string of the molecule is N#Cc1cccc(S(=O)(=O)NC2CC(Nc3c(-c4nccs4)cnc4[nH]ccc34)C2)c1. The van der Waals surface area contributed by atoms with E-state index < -0.39 is 10.0 Å². The number of aromatic amines is 1. The first-order chi connectivity index (χ1) is 15.0. The van der Waals surface area contributed by atoms with Crippen LogP contribution in [0.3, 0.4) is 0 Å². The number of pyridine rings is 1. The predicted molar refractivity (Wildman–Crippen MR) is 119 cm³/mol. The standard InChI is InChI=1S/C21H18N6O2S2/c22-11-13-2-1-3-16(8-13)31(28,29)27-15-9-14(10-15)26-19-17-4-5-23-20(17)25-12-18(19)21-24-6-7-30-21/h1-8,12,14-15,27H,9-10H2,(H2,23,25,26). The third kappa shape index (κ3) is 3.79. The first kappa shape index (κ1) is 19.7. The van der Waals surface area contributed by atoms with Gasteiger partial charge in [0.05, 0.1) is 27.8 Å². The molecule has 1 aliphatic carbocycles. The summed E-state index contributed by atoms with van der Waals surface area (Å²) in [6.07, 6.45) is 6.73. The molecule has 0 amide bonds. The minimum Gasteiger partial charge on any atom is -0.381 e. The van der Waals surface area contributed by atoms with Gasteiger partial charge in [0.2, 0.25) is 10.0 Å². The highest BCUT2D eigenvalue weighted by Gasteiger charge is 2.33. The molecule has 5 rings (SSSR count). The third-order valence-electron chi connectivity index (χ3n) is 5.33. The molecule has 3 aromatic heterocycles. The zero-order valence-corrected chi connectivity index (χ0v) is 17.9. The minimum atomic E-state index is -3.67. The van der Waals surface area contributed by atoms with Crippen LogP contribution in [0.1, 0.15) is 18.4 Å². The molecule has 10 heteroatoms. The van der Waals surface area contributed by atoms with Gasteiger partial charge in [0.15, 0.2) is 0 Å². The number of anilines is 1. The zero-order chi connectivity index (χ0) is 21.4. The lowest BCUT2D eigenvalue weighted by molar-refractivity contribution is 0.346. The van der Waals surface area contributed by atoms with Crippen LogP contribution in [0.25, 0.3) is 21.6 Å². The van der Waals surface area contributed by atoms with Crippen LogP contribution in [-0.4, -0.2) is 35.5 Å². The molecule has 0 saturated heterocycles. The highest BCUT2D eigenvalue weighted by molar-refractivity contribution is 7.89. The molecule has 0 unspecified atom stereocenters. The van der Waals surface area contributed by atoms with Crippen LogP contribution in [0.5, 0.6) is 0 Å². The van der Waals surface area contributed by atoms with E-state index in [1.54, 1.807) is 35.9 Å². The summed E-state index contributed by atoms with van der Waals surface area (Å²) < 4.78 is 28.1. The van der Waals surface area contributed by atoms with Crippen molar-refractivity contribution in [3.63, 3.8) is 0 Å². The number of sulfonamides is 1. The number of hydrogen-bond acceptors (Lipinski definition) is 7. The van der Waals surface area contributed by atoms with E-state index in [-0.39, 0.29) is 17.0 Å². The second-order valence-electron chi connectivity index (χ2n) is 7.39. The Kier molecular flexibility index (Phi) is 4.94. The molecule has 1 aliphatic rings. The fraction of sp³-hybridized carbons (Fsp3) is 0.190. The van der Waals surface area contributed by atoms with Crippen molar-refractivity contribution in [3.05, 3.63) is 59.9 Å². The van der Waals surface area contributed by atoms with Crippen LogP contribution < -0.4 is 10.0 Å².